The predicted molar refractivity (Wildman–Crippen MR) is 118 cm³/mol. The SMILES string of the molecule is Cc1nn(CC(C)C(=O)Nc2nn(Cc3ccccc3Cl)cc2Br)c(C)c1Br. The van der Waals surface area contributed by atoms with Gasteiger partial charge in [0.15, 0.2) is 5.82 Å². The van der Waals surface area contributed by atoms with Crippen molar-refractivity contribution in [1.29, 1.82) is 0 Å². The first-order valence-corrected chi connectivity index (χ1v) is 10.7. The van der Waals surface area contributed by atoms with E-state index in [-0.39, 0.29) is 11.8 Å². The molecule has 0 saturated heterocycles. The summed E-state index contributed by atoms with van der Waals surface area (Å²) in [6, 6.07) is 7.61. The Balaban J connectivity index is 1.67. The molecule has 148 valence electrons. The van der Waals surface area contributed by atoms with E-state index in [1.807, 2.05) is 55.9 Å². The van der Waals surface area contributed by atoms with E-state index < -0.39 is 0 Å². The molecule has 0 fully saturated rings. The van der Waals surface area contributed by atoms with Crippen LogP contribution < -0.4 is 5.32 Å². The molecule has 28 heavy (non-hydrogen) atoms. The van der Waals surface area contributed by atoms with E-state index in [2.05, 4.69) is 47.4 Å². The number of amides is 1. The van der Waals surface area contributed by atoms with E-state index in [0.29, 0.717) is 28.4 Å². The van der Waals surface area contributed by atoms with Crippen molar-refractivity contribution in [2.75, 3.05) is 5.32 Å². The van der Waals surface area contributed by atoms with Gasteiger partial charge in [0.1, 0.15) is 0 Å². The molecule has 1 unspecified atom stereocenters. The zero-order chi connectivity index (χ0) is 20.4. The number of halogens is 3. The fourth-order valence-corrected chi connectivity index (χ4v) is 3.69. The molecule has 9 heteroatoms. The molecular weight excluding hydrogens is 510 g/mol. The molecule has 0 bridgehead atoms. The molecule has 0 aliphatic rings. The Morgan fingerprint density at radius 3 is 2.61 bits per heavy atom. The minimum Gasteiger partial charge on any atom is -0.308 e. The van der Waals surface area contributed by atoms with Gasteiger partial charge in [-0.2, -0.15) is 10.2 Å². The molecule has 6 nitrogen and oxygen atoms in total. The average Bonchev–Trinajstić information content (AvgIpc) is 3.11. The van der Waals surface area contributed by atoms with Crippen LogP contribution in [0.3, 0.4) is 0 Å². The topological polar surface area (TPSA) is 64.7 Å². The number of carbonyl (C=O) groups is 1. The Kier molecular flexibility index (Phi) is 6.62. The zero-order valence-corrected chi connectivity index (χ0v) is 19.6. The number of nitrogens with one attached hydrogen (secondary N) is 1. The summed E-state index contributed by atoms with van der Waals surface area (Å²) in [5.41, 5.74) is 2.87. The number of aryl methyl sites for hydroxylation is 1. The molecule has 1 N–H and O–H groups in total. The molecule has 1 aromatic carbocycles. The number of rotatable bonds is 6. The summed E-state index contributed by atoms with van der Waals surface area (Å²) in [5, 5.41) is 12.5. The van der Waals surface area contributed by atoms with E-state index in [9.17, 15) is 4.79 Å². The van der Waals surface area contributed by atoms with Crippen LogP contribution in [0, 0.1) is 19.8 Å². The first-order chi connectivity index (χ1) is 13.3. The van der Waals surface area contributed by atoms with Crippen LogP contribution in [0.1, 0.15) is 23.9 Å². The lowest BCUT2D eigenvalue weighted by Crippen LogP contribution is -2.25. The van der Waals surface area contributed by atoms with Gasteiger partial charge in [-0.15, -0.1) is 0 Å². The van der Waals surface area contributed by atoms with Gasteiger partial charge < -0.3 is 5.32 Å². The lowest BCUT2D eigenvalue weighted by molar-refractivity contribution is -0.119. The number of carbonyl (C=O) groups excluding carboxylic acids is 1. The van der Waals surface area contributed by atoms with Gasteiger partial charge in [0.25, 0.3) is 0 Å². The largest absolute Gasteiger partial charge is 0.308 e. The molecular formula is C19H20Br2ClN5O. The second-order valence-corrected chi connectivity index (χ2v) is 8.73. The van der Waals surface area contributed by atoms with Crippen LogP contribution in [0.15, 0.2) is 39.4 Å². The van der Waals surface area contributed by atoms with Crippen molar-refractivity contribution in [1.82, 2.24) is 19.6 Å². The summed E-state index contributed by atoms with van der Waals surface area (Å²) in [6.45, 7) is 6.78. The summed E-state index contributed by atoms with van der Waals surface area (Å²) in [4.78, 5) is 12.6. The molecule has 0 aliphatic heterocycles. The first-order valence-electron chi connectivity index (χ1n) is 8.73. The van der Waals surface area contributed by atoms with Crippen LogP contribution in [0.5, 0.6) is 0 Å². The van der Waals surface area contributed by atoms with Crippen LogP contribution in [-0.2, 0) is 17.9 Å². The molecule has 0 saturated carbocycles. The fraction of sp³-hybridized carbons (Fsp3) is 0.316. The molecule has 2 heterocycles. The average molecular weight is 530 g/mol. The van der Waals surface area contributed by atoms with E-state index in [4.69, 9.17) is 11.6 Å². The van der Waals surface area contributed by atoms with Crippen molar-refractivity contribution in [3.8, 4) is 0 Å². The minimum atomic E-state index is -0.273. The molecule has 2 aromatic heterocycles. The second-order valence-electron chi connectivity index (χ2n) is 6.67. The maximum absolute atomic E-state index is 12.6. The number of hydrogen-bond acceptors (Lipinski definition) is 3. The number of benzene rings is 1. The summed E-state index contributed by atoms with van der Waals surface area (Å²) in [5.74, 6) is 0.0938. The minimum absolute atomic E-state index is 0.118. The van der Waals surface area contributed by atoms with Crippen molar-refractivity contribution in [2.24, 2.45) is 5.92 Å². The third kappa shape index (κ3) is 4.67. The van der Waals surface area contributed by atoms with Gasteiger partial charge >= 0.3 is 0 Å². The number of hydrogen-bond donors (Lipinski definition) is 1. The highest BCUT2D eigenvalue weighted by Crippen LogP contribution is 2.24. The smallest absolute Gasteiger partial charge is 0.230 e. The lowest BCUT2D eigenvalue weighted by Gasteiger charge is -2.12. The van der Waals surface area contributed by atoms with Crippen LogP contribution in [0.2, 0.25) is 5.02 Å². The van der Waals surface area contributed by atoms with Crippen LogP contribution in [0.25, 0.3) is 0 Å². The predicted octanol–water partition coefficient (Wildman–Crippen LogP) is 5.20. The van der Waals surface area contributed by atoms with E-state index >= 15 is 0 Å². The molecule has 0 radical (unpaired) electrons. The lowest BCUT2D eigenvalue weighted by atomic mass is 10.1. The standard InChI is InChI=1S/C19H20Br2ClN5O/c1-11(8-27-13(3)17(21)12(2)24-27)19(28)23-18-15(20)10-26(25-18)9-14-6-4-5-7-16(14)22/h4-7,10-11H,8-9H2,1-3H3,(H,23,25,28). The Labute approximate surface area is 185 Å². The number of nitrogens with zero attached hydrogens (tertiary/aromatic N) is 4. The monoisotopic (exact) mass is 527 g/mol. The van der Waals surface area contributed by atoms with Gasteiger partial charge in [0.05, 0.1) is 33.6 Å². The summed E-state index contributed by atoms with van der Waals surface area (Å²) in [6.07, 6.45) is 1.82. The molecule has 3 aromatic rings. The van der Waals surface area contributed by atoms with E-state index in [0.717, 1.165) is 21.4 Å². The normalized spacial score (nSPS) is 12.2. The van der Waals surface area contributed by atoms with Crippen molar-refractivity contribution in [2.45, 2.75) is 33.9 Å². The first kappa shape index (κ1) is 21.1. The summed E-state index contributed by atoms with van der Waals surface area (Å²) >= 11 is 13.2. The molecule has 3 rings (SSSR count). The van der Waals surface area contributed by atoms with Crippen LogP contribution in [-0.4, -0.2) is 25.5 Å². The van der Waals surface area contributed by atoms with Crippen molar-refractivity contribution in [3.05, 3.63) is 61.4 Å². The second kappa shape index (κ2) is 8.80. The summed E-state index contributed by atoms with van der Waals surface area (Å²) < 4.78 is 5.27. The van der Waals surface area contributed by atoms with Gasteiger partial charge in [0.2, 0.25) is 5.91 Å². The Hall–Kier alpha value is -1.64. The Bertz CT molecular complexity index is 1010. The number of aromatic nitrogens is 4. The molecule has 1 amide bonds. The van der Waals surface area contributed by atoms with E-state index in [1.54, 1.807) is 4.68 Å². The van der Waals surface area contributed by atoms with Gasteiger partial charge in [-0.25, -0.2) is 0 Å². The van der Waals surface area contributed by atoms with Crippen molar-refractivity contribution < 1.29 is 4.79 Å². The third-order valence-electron chi connectivity index (χ3n) is 4.44. The van der Waals surface area contributed by atoms with Crippen LogP contribution in [0.4, 0.5) is 5.82 Å². The van der Waals surface area contributed by atoms with E-state index in [1.165, 1.54) is 0 Å². The maximum Gasteiger partial charge on any atom is 0.230 e. The molecule has 0 aliphatic carbocycles. The fourth-order valence-electron chi connectivity index (χ4n) is 2.80. The maximum atomic E-state index is 12.6. The van der Waals surface area contributed by atoms with Gasteiger partial charge in [-0.3, -0.25) is 14.2 Å². The molecule has 0 spiro atoms. The van der Waals surface area contributed by atoms with Gasteiger partial charge in [0, 0.05) is 16.9 Å². The zero-order valence-electron chi connectivity index (χ0n) is 15.7. The Morgan fingerprint density at radius 1 is 1.25 bits per heavy atom. The van der Waals surface area contributed by atoms with Crippen molar-refractivity contribution in [3.63, 3.8) is 0 Å². The highest BCUT2D eigenvalue weighted by atomic mass is 79.9. The highest BCUT2D eigenvalue weighted by Gasteiger charge is 2.19. The van der Waals surface area contributed by atoms with Crippen LogP contribution >= 0.6 is 43.5 Å². The highest BCUT2D eigenvalue weighted by molar-refractivity contribution is 9.11. The van der Waals surface area contributed by atoms with Gasteiger partial charge in [-0.05, 0) is 57.3 Å². The Morgan fingerprint density at radius 2 is 1.96 bits per heavy atom. The van der Waals surface area contributed by atoms with Crippen molar-refractivity contribution >= 4 is 55.2 Å². The summed E-state index contributed by atoms with van der Waals surface area (Å²) in [7, 11) is 0. The number of anilines is 1. The molecule has 1 atom stereocenters. The quantitative estimate of drug-likeness (QED) is 0.478. The van der Waals surface area contributed by atoms with Gasteiger partial charge in [-0.1, -0.05) is 36.7 Å². The third-order valence-corrected chi connectivity index (χ3v) is 6.53.